The number of amides is 2. The first-order valence-electron chi connectivity index (χ1n) is 15.2. The van der Waals surface area contributed by atoms with Crippen LogP contribution in [0, 0.1) is 11.8 Å². The lowest BCUT2D eigenvalue weighted by Crippen LogP contribution is -2.46. The summed E-state index contributed by atoms with van der Waals surface area (Å²) in [5, 5.41) is 16.2. The Morgan fingerprint density at radius 2 is 2.02 bits per heavy atom. The van der Waals surface area contributed by atoms with Crippen molar-refractivity contribution in [3.05, 3.63) is 47.1 Å². The van der Waals surface area contributed by atoms with E-state index in [0.717, 1.165) is 43.5 Å². The Kier molecular flexibility index (Phi) is 9.96. The third-order valence-corrected chi connectivity index (χ3v) is 11.5. The van der Waals surface area contributed by atoms with Gasteiger partial charge < -0.3 is 30.2 Å². The molecule has 226 valence electrons. The Labute approximate surface area is 246 Å². The molecule has 0 aliphatic carbocycles. The Morgan fingerprint density at radius 3 is 2.66 bits per heavy atom. The van der Waals surface area contributed by atoms with Crippen LogP contribution in [0.5, 0.6) is 0 Å². The number of rotatable bonds is 10. The van der Waals surface area contributed by atoms with Crippen molar-refractivity contribution in [2.24, 2.45) is 11.8 Å². The minimum Gasteiger partial charge on any atom is -0.432 e. The van der Waals surface area contributed by atoms with Crippen LogP contribution >= 0.6 is 0 Å². The number of ether oxygens (including phenoxy) is 1. The number of hydrogen-bond donors (Lipinski definition) is 4. The third-order valence-electron chi connectivity index (χ3n) is 9.05. The highest BCUT2D eigenvalue weighted by Gasteiger charge is 2.66. The molecule has 5 atom stereocenters. The van der Waals surface area contributed by atoms with Gasteiger partial charge in [-0.3, -0.25) is 9.59 Å². The van der Waals surface area contributed by atoms with Crippen LogP contribution in [0.2, 0.25) is 18.6 Å². The fraction of sp³-hybridized carbons (Fsp3) is 0.625. The molecule has 1 spiro atoms. The molecule has 2 amide bonds. The number of anilines is 2. The molecule has 2 fully saturated rings. The maximum atomic E-state index is 14.5. The third kappa shape index (κ3) is 6.54. The summed E-state index contributed by atoms with van der Waals surface area (Å²) in [6, 6.07) is 5.67. The molecule has 1 unspecified atom stereocenters. The fourth-order valence-electron chi connectivity index (χ4n) is 6.99. The Hall–Kier alpha value is -2.30. The second-order valence-electron chi connectivity index (χ2n) is 12.9. The van der Waals surface area contributed by atoms with Crippen molar-refractivity contribution in [3.8, 4) is 0 Å². The monoisotopic (exact) mass is 583 g/mol. The van der Waals surface area contributed by atoms with Gasteiger partial charge in [0.15, 0.2) is 13.9 Å². The number of hydrogen-bond acceptors (Lipinski definition) is 6. The molecule has 0 saturated carbocycles. The first-order chi connectivity index (χ1) is 19.4. The topological polar surface area (TPSA) is 111 Å². The van der Waals surface area contributed by atoms with Crippen molar-refractivity contribution in [1.82, 2.24) is 5.32 Å². The van der Waals surface area contributed by atoms with Gasteiger partial charge in [-0.1, -0.05) is 30.2 Å². The van der Waals surface area contributed by atoms with E-state index in [1.807, 2.05) is 38.2 Å². The number of fused-ring (bicyclic) bond motifs is 2. The number of nitrogens with zero attached hydrogens (tertiary/aromatic N) is 1. The molecule has 0 radical (unpaired) electrons. The van der Waals surface area contributed by atoms with Gasteiger partial charge in [0.25, 0.3) is 5.91 Å². The molecule has 4 rings (SSSR count). The van der Waals surface area contributed by atoms with Crippen LogP contribution < -0.4 is 15.5 Å². The van der Waals surface area contributed by atoms with E-state index in [2.05, 4.69) is 43.6 Å². The van der Waals surface area contributed by atoms with E-state index < -0.39 is 20.0 Å². The molecule has 4 N–H and O–H groups in total. The van der Waals surface area contributed by atoms with Crippen molar-refractivity contribution < 1.29 is 24.2 Å². The van der Waals surface area contributed by atoms with Gasteiger partial charge in [0.2, 0.25) is 5.91 Å². The first-order valence-corrected chi connectivity index (χ1v) is 18.2. The highest BCUT2D eigenvalue weighted by Crippen LogP contribution is 2.59. The summed E-state index contributed by atoms with van der Waals surface area (Å²) in [4.78, 5) is 40.6. The summed E-state index contributed by atoms with van der Waals surface area (Å²) in [7, 11) is -2.78. The number of carbonyl (C=O) groups is 2. The van der Waals surface area contributed by atoms with Gasteiger partial charge in [0.1, 0.15) is 0 Å². The lowest BCUT2D eigenvalue weighted by Gasteiger charge is -2.32. The van der Waals surface area contributed by atoms with Gasteiger partial charge in [-0.25, -0.2) is 0 Å². The van der Waals surface area contributed by atoms with Crippen LogP contribution in [-0.4, -0.2) is 62.4 Å². The van der Waals surface area contributed by atoms with Crippen molar-refractivity contribution in [2.75, 3.05) is 36.5 Å². The maximum Gasteiger partial charge on any atom is 0.264 e. The van der Waals surface area contributed by atoms with E-state index in [-0.39, 0.29) is 35.8 Å². The highest BCUT2D eigenvalue weighted by atomic mass is 28.4. The summed E-state index contributed by atoms with van der Waals surface area (Å²) in [6.07, 6.45) is 7.94. The van der Waals surface area contributed by atoms with Crippen LogP contribution in [0.3, 0.4) is 0 Å². The molecule has 8 nitrogen and oxygen atoms in total. The zero-order chi connectivity index (χ0) is 29.9. The van der Waals surface area contributed by atoms with E-state index in [1.165, 1.54) is 11.1 Å². The number of allylic oxidation sites excluding steroid dienone is 3. The van der Waals surface area contributed by atoms with E-state index in [9.17, 15) is 19.5 Å². The summed E-state index contributed by atoms with van der Waals surface area (Å²) in [6.45, 7) is 14.0. The summed E-state index contributed by atoms with van der Waals surface area (Å²) < 4.78 is 6.72. The zero-order valence-electron chi connectivity index (χ0n) is 25.6. The van der Waals surface area contributed by atoms with Crippen LogP contribution in [0.4, 0.5) is 11.4 Å². The number of carbonyl (C=O) groups excluding carboxylic acids is 2. The minimum atomic E-state index is -2.78. The number of benzene rings is 1. The standard InChI is InChI=1S/C32H49N3O5Si/c1-21(2)9-7-10-22(3)14-17-35-27-13-12-25(34-30(37)24-11-8-16-33-20-24)19-26(27)32(31(35)38)23(4)29(41(5,6)39)28(40-32)15-18-36/h9,12-14,19,23-24,28-29,33,36,39H,7-8,10-11,15-18,20H2,1-6H3,(H,34,37)/b22-14+/t23-,24?,28+,29-,32+/m1/s1. The van der Waals surface area contributed by atoms with Gasteiger partial charge in [0.05, 0.1) is 17.7 Å². The van der Waals surface area contributed by atoms with Gasteiger partial charge in [-0.2, -0.15) is 0 Å². The van der Waals surface area contributed by atoms with E-state index in [1.54, 1.807) is 4.90 Å². The molecule has 0 aromatic heterocycles. The van der Waals surface area contributed by atoms with Gasteiger partial charge in [-0.05, 0) is 90.7 Å². The molecule has 41 heavy (non-hydrogen) atoms. The molecule has 2 saturated heterocycles. The number of piperidine rings is 1. The van der Waals surface area contributed by atoms with Crippen molar-refractivity contribution >= 4 is 31.5 Å². The summed E-state index contributed by atoms with van der Waals surface area (Å²) in [5.74, 6) is -0.567. The van der Waals surface area contributed by atoms with Crippen molar-refractivity contribution in [2.45, 2.75) is 90.1 Å². The molecule has 0 bridgehead atoms. The summed E-state index contributed by atoms with van der Waals surface area (Å²) in [5.41, 5.74) is 3.12. The predicted molar refractivity (Wildman–Crippen MR) is 166 cm³/mol. The fourth-order valence-corrected chi connectivity index (χ4v) is 9.59. The van der Waals surface area contributed by atoms with Crippen LogP contribution in [0.1, 0.15) is 65.4 Å². The molecular weight excluding hydrogens is 534 g/mol. The second-order valence-corrected chi connectivity index (χ2v) is 16.9. The second kappa shape index (κ2) is 12.9. The first kappa shape index (κ1) is 31.6. The molecule has 9 heteroatoms. The van der Waals surface area contributed by atoms with Crippen LogP contribution in [-0.2, 0) is 19.9 Å². The molecule has 1 aromatic carbocycles. The number of nitrogens with one attached hydrogen (secondary N) is 2. The van der Waals surface area contributed by atoms with Gasteiger partial charge in [-0.15, -0.1) is 0 Å². The van der Waals surface area contributed by atoms with Gasteiger partial charge >= 0.3 is 0 Å². The Morgan fingerprint density at radius 1 is 1.27 bits per heavy atom. The largest absolute Gasteiger partial charge is 0.432 e. The molecule has 3 aliphatic heterocycles. The Balaban J connectivity index is 1.71. The van der Waals surface area contributed by atoms with Crippen LogP contribution in [0.15, 0.2) is 41.5 Å². The number of aliphatic hydroxyl groups excluding tert-OH is 1. The molecule has 3 heterocycles. The van der Waals surface area contributed by atoms with Gasteiger partial charge in [0, 0.05) is 42.4 Å². The zero-order valence-corrected chi connectivity index (χ0v) is 26.6. The lowest BCUT2D eigenvalue weighted by molar-refractivity contribution is -0.146. The Bertz CT molecular complexity index is 1180. The van der Waals surface area contributed by atoms with E-state index in [0.29, 0.717) is 25.2 Å². The summed E-state index contributed by atoms with van der Waals surface area (Å²) >= 11 is 0. The predicted octanol–water partition coefficient (Wildman–Crippen LogP) is 4.84. The average Bonchev–Trinajstić information content (AvgIpc) is 3.34. The lowest BCUT2D eigenvalue weighted by atomic mass is 9.82. The van der Waals surface area contributed by atoms with E-state index in [4.69, 9.17) is 4.74 Å². The smallest absolute Gasteiger partial charge is 0.264 e. The van der Waals surface area contributed by atoms with Crippen LogP contribution in [0.25, 0.3) is 0 Å². The SMILES string of the molecule is CC(C)=CCC/C(C)=C/CN1C(=O)[C@@]2(O[C@@H](CCO)[C@H]([Si](C)(C)O)[C@H]2C)c2cc(NC(=O)C3CCCNC3)ccc21. The minimum absolute atomic E-state index is 0.0253. The van der Waals surface area contributed by atoms with Crippen molar-refractivity contribution in [3.63, 3.8) is 0 Å². The molecule has 1 aromatic rings. The quantitative estimate of drug-likeness (QED) is 0.232. The highest BCUT2D eigenvalue weighted by molar-refractivity contribution is 6.71. The normalized spacial score (nSPS) is 28.2. The molecule has 3 aliphatic rings. The van der Waals surface area contributed by atoms with E-state index >= 15 is 0 Å². The average molecular weight is 584 g/mol. The molecular formula is C32H49N3O5Si. The number of aliphatic hydroxyl groups is 1. The maximum absolute atomic E-state index is 14.5. The van der Waals surface area contributed by atoms with Crippen molar-refractivity contribution in [1.29, 1.82) is 0 Å².